The van der Waals surface area contributed by atoms with Crippen molar-refractivity contribution in [1.82, 2.24) is 10.0 Å². The largest absolute Gasteiger partial charge is 0.469 e. The third-order valence-corrected chi connectivity index (χ3v) is 4.66. The SMILES string of the molecule is COC(=O)C[C@@H](/C=C(/C)NO)c1cn(Cc2ccccc2)c2ccccc12. The van der Waals surface area contributed by atoms with Crippen LogP contribution in [0.15, 0.2) is 72.6 Å². The molecular formula is C22H24N2O3. The van der Waals surface area contributed by atoms with Crippen molar-refractivity contribution in [1.29, 1.82) is 0 Å². The van der Waals surface area contributed by atoms with Gasteiger partial charge in [-0.05, 0) is 24.1 Å². The quantitative estimate of drug-likeness (QED) is 0.487. The lowest BCUT2D eigenvalue weighted by Gasteiger charge is -2.12. The lowest BCUT2D eigenvalue weighted by Crippen LogP contribution is -2.10. The minimum absolute atomic E-state index is 0.203. The third-order valence-electron chi connectivity index (χ3n) is 4.66. The van der Waals surface area contributed by atoms with Crippen molar-refractivity contribution < 1.29 is 14.7 Å². The van der Waals surface area contributed by atoms with Crippen LogP contribution >= 0.6 is 0 Å². The molecule has 0 bridgehead atoms. The number of ether oxygens (including phenoxy) is 1. The van der Waals surface area contributed by atoms with Crippen LogP contribution in [0.25, 0.3) is 10.9 Å². The number of carbonyl (C=O) groups is 1. The number of hydroxylamine groups is 1. The number of rotatable bonds is 7. The zero-order valence-corrected chi connectivity index (χ0v) is 15.6. The molecule has 27 heavy (non-hydrogen) atoms. The minimum Gasteiger partial charge on any atom is -0.469 e. The maximum atomic E-state index is 12.0. The predicted octanol–water partition coefficient (Wildman–Crippen LogP) is 4.22. The number of allylic oxidation sites excluding steroid dienone is 2. The number of esters is 1. The summed E-state index contributed by atoms with van der Waals surface area (Å²) in [5, 5.41) is 10.3. The van der Waals surface area contributed by atoms with E-state index >= 15 is 0 Å². The summed E-state index contributed by atoms with van der Waals surface area (Å²) in [6.07, 6.45) is 4.15. The molecule has 2 aromatic carbocycles. The smallest absolute Gasteiger partial charge is 0.306 e. The van der Waals surface area contributed by atoms with Crippen molar-refractivity contribution in [3.8, 4) is 0 Å². The fourth-order valence-corrected chi connectivity index (χ4v) is 3.34. The molecule has 0 radical (unpaired) electrons. The van der Waals surface area contributed by atoms with Gasteiger partial charge in [0.1, 0.15) is 0 Å². The molecule has 1 heterocycles. The molecule has 5 heteroatoms. The zero-order chi connectivity index (χ0) is 19.2. The molecule has 0 aliphatic carbocycles. The fraction of sp³-hybridized carbons (Fsp3) is 0.227. The molecule has 0 aliphatic heterocycles. The van der Waals surface area contributed by atoms with Gasteiger partial charge in [0.05, 0.1) is 13.5 Å². The minimum atomic E-state index is -0.290. The van der Waals surface area contributed by atoms with Gasteiger partial charge < -0.3 is 9.30 Å². The molecule has 3 rings (SSSR count). The summed E-state index contributed by atoms with van der Waals surface area (Å²) in [4.78, 5) is 12.0. The van der Waals surface area contributed by atoms with Gasteiger partial charge in [0.15, 0.2) is 0 Å². The topological polar surface area (TPSA) is 63.5 Å². The molecular weight excluding hydrogens is 340 g/mol. The molecule has 0 aliphatic rings. The van der Waals surface area contributed by atoms with Gasteiger partial charge in [-0.2, -0.15) is 0 Å². The Balaban J connectivity index is 2.07. The molecule has 2 N–H and O–H groups in total. The van der Waals surface area contributed by atoms with E-state index in [-0.39, 0.29) is 18.3 Å². The van der Waals surface area contributed by atoms with Crippen LogP contribution in [-0.2, 0) is 16.1 Å². The second kappa shape index (κ2) is 8.56. The van der Waals surface area contributed by atoms with Crippen LogP contribution in [0, 0.1) is 0 Å². The monoisotopic (exact) mass is 364 g/mol. The van der Waals surface area contributed by atoms with E-state index in [1.165, 1.54) is 12.7 Å². The number of fused-ring (bicyclic) bond motifs is 1. The van der Waals surface area contributed by atoms with Crippen LogP contribution in [0.3, 0.4) is 0 Å². The molecule has 0 amide bonds. The zero-order valence-electron chi connectivity index (χ0n) is 15.6. The number of nitrogens with one attached hydrogen (secondary N) is 1. The molecule has 0 saturated heterocycles. The van der Waals surface area contributed by atoms with Crippen molar-refractivity contribution in [2.24, 2.45) is 0 Å². The molecule has 0 fully saturated rings. The number of benzene rings is 2. The number of hydrogen-bond acceptors (Lipinski definition) is 4. The van der Waals surface area contributed by atoms with Gasteiger partial charge in [0.2, 0.25) is 0 Å². The second-order valence-corrected chi connectivity index (χ2v) is 6.56. The van der Waals surface area contributed by atoms with Crippen LogP contribution in [-0.4, -0.2) is 22.9 Å². The first-order valence-corrected chi connectivity index (χ1v) is 8.89. The van der Waals surface area contributed by atoms with Gasteiger partial charge >= 0.3 is 5.97 Å². The maximum Gasteiger partial charge on any atom is 0.306 e. The van der Waals surface area contributed by atoms with Gasteiger partial charge in [-0.15, -0.1) is 0 Å². The highest BCUT2D eigenvalue weighted by Gasteiger charge is 2.20. The number of aromatic nitrogens is 1. The van der Waals surface area contributed by atoms with E-state index in [0.29, 0.717) is 5.70 Å². The summed E-state index contributed by atoms with van der Waals surface area (Å²) in [5.74, 6) is -0.499. The Hall–Kier alpha value is -3.05. The molecule has 0 unspecified atom stereocenters. The standard InChI is InChI=1S/C22H24N2O3/c1-16(23-26)12-18(13-22(25)27-2)20-15-24(14-17-8-4-3-5-9-17)21-11-7-6-10-19(20)21/h3-12,15,18,23,26H,13-14H2,1-2H3/b16-12-/t18-/m1/s1. The Morgan fingerprint density at radius 1 is 1.19 bits per heavy atom. The first-order chi connectivity index (χ1) is 13.1. The highest BCUT2D eigenvalue weighted by molar-refractivity contribution is 5.86. The van der Waals surface area contributed by atoms with Gasteiger partial charge in [-0.25, -0.2) is 0 Å². The van der Waals surface area contributed by atoms with Gasteiger partial charge in [-0.3, -0.25) is 15.5 Å². The van der Waals surface area contributed by atoms with Crippen LogP contribution in [0.5, 0.6) is 0 Å². The third kappa shape index (κ3) is 4.38. The normalized spacial score (nSPS) is 12.8. The van der Waals surface area contributed by atoms with Crippen molar-refractivity contribution in [3.63, 3.8) is 0 Å². The molecule has 140 valence electrons. The Labute approximate surface area is 158 Å². The van der Waals surface area contributed by atoms with Crippen LogP contribution in [0.2, 0.25) is 0 Å². The summed E-state index contributed by atoms with van der Waals surface area (Å²) in [6.45, 7) is 2.50. The van der Waals surface area contributed by atoms with Crippen molar-refractivity contribution in [2.75, 3.05) is 7.11 Å². The summed E-state index contributed by atoms with van der Waals surface area (Å²) in [7, 11) is 1.39. The van der Waals surface area contributed by atoms with Crippen molar-refractivity contribution in [3.05, 3.63) is 83.7 Å². The van der Waals surface area contributed by atoms with E-state index in [1.807, 2.05) is 36.4 Å². The number of nitrogens with zero attached hydrogens (tertiary/aromatic N) is 1. The Bertz CT molecular complexity index is 945. The molecule has 3 aromatic rings. The van der Waals surface area contributed by atoms with E-state index in [2.05, 4.69) is 40.5 Å². The van der Waals surface area contributed by atoms with Crippen LogP contribution < -0.4 is 5.48 Å². The second-order valence-electron chi connectivity index (χ2n) is 6.56. The Kier molecular flexibility index (Phi) is 5.94. The molecule has 0 spiro atoms. The highest BCUT2D eigenvalue weighted by atomic mass is 16.5. The summed E-state index contributed by atoms with van der Waals surface area (Å²) < 4.78 is 7.07. The van der Waals surface area contributed by atoms with E-state index in [9.17, 15) is 10.0 Å². The predicted molar refractivity (Wildman–Crippen MR) is 106 cm³/mol. The first-order valence-electron chi connectivity index (χ1n) is 8.89. The molecule has 5 nitrogen and oxygen atoms in total. The highest BCUT2D eigenvalue weighted by Crippen LogP contribution is 2.32. The molecule has 0 saturated carbocycles. The summed E-state index contributed by atoms with van der Waals surface area (Å²) in [6, 6.07) is 18.4. The first kappa shape index (κ1) is 18.7. The average molecular weight is 364 g/mol. The fourth-order valence-electron chi connectivity index (χ4n) is 3.34. The lowest BCUT2D eigenvalue weighted by atomic mass is 9.94. The Morgan fingerprint density at radius 3 is 2.59 bits per heavy atom. The van der Waals surface area contributed by atoms with Crippen LogP contribution in [0.4, 0.5) is 0 Å². The van der Waals surface area contributed by atoms with E-state index < -0.39 is 0 Å². The Morgan fingerprint density at radius 2 is 1.89 bits per heavy atom. The van der Waals surface area contributed by atoms with Gasteiger partial charge in [-0.1, -0.05) is 54.6 Å². The van der Waals surface area contributed by atoms with E-state index in [1.54, 1.807) is 6.92 Å². The number of methoxy groups -OCH3 is 1. The van der Waals surface area contributed by atoms with Gasteiger partial charge in [0, 0.05) is 35.3 Å². The van der Waals surface area contributed by atoms with Gasteiger partial charge in [0.25, 0.3) is 0 Å². The summed E-state index contributed by atoms with van der Waals surface area (Å²) >= 11 is 0. The van der Waals surface area contributed by atoms with E-state index in [0.717, 1.165) is 23.0 Å². The number of para-hydroxylation sites is 1. The molecule has 1 aromatic heterocycles. The van der Waals surface area contributed by atoms with E-state index in [4.69, 9.17) is 4.74 Å². The van der Waals surface area contributed by atoms with Crippen LogP contribution in [0.1, 0.15) is 30.4 Å². The van der Waals surface area contributed by atoms with Crippen molar-refractivity contribution >= 4 is 16.9 Å². The number of hydrogen-bond donors (Lipinski definition) is 2. The maximum absolute atomic E-state index is 12.0. The van der Waals surface area contributed by atoms with Crippen molar-refractivity contribution in [2.45, 2.75) is 25.8 Å². The summed E-state index contributed by atoms with van der Waals surface area (Å²) in [5.41, 5.74) is 6.08. The lowest BCUT2D eigenvalue weighted by molar-refractivity contribution is -0.140. The number of carbonyl (C=O) groups excluding carboxylic acids is 1. The molecule has 1 atom stereocenters. The average Bonchev–Trinajstić information content (AvgIpc) is 3.06.